The topological polar surface area (TPSA) is 46.2 Å². The van der Waals surface area contributed by atoms with Crippen LogP contribution < -0.4 is 5.73 Å². The lowest BCUT2D eigenvalue weighted by atomic mass is 10.0. The molecule has 0 aromatic heterocycles. The van der Waals surface area contributed by atoms with Gasteiger partial charge in [-0.05, 0) is 17.7 Å². The summed E-state index contributed by atoms with van der Waals surface area (Å²) in [4.78, 5) is 0. The van der Waals surface area contributed by atoms with E-state index in [2.05, 4.69) is 6.58 Å². The number of aliphatic hydroxyl groups excluding tert-OH is 1. The zero-order valence-electron chi connectivity index (χ0n) is 7.15. The van der Waals surface area contributed by atoms with Gasteiger partial charge >= 0.3 is 0 Å². The molecule has 0 aliphatic carbocycles. The highest BCUT2D eigenvalue weighted by molar-refractivity contribution is 5.21. The number of halogens is 1. The summed E-state index contributed by atoms with van der Waals surface area (Å²) in [6, 6.07) is 5.17. The first-order valence-electron chi connectivity index (χ1n) is 3.97. The van der Waals surface area contributed by atoms with Crippen LogP contribution in [0.5, 0.6) is 0 Å². The lowest BCUT2D eigenvalue weighted by Crippen LogP contribution is -2.23. The van der Waals surface area contributed by atoms with E-state index in [0.29, 0.717) is 5.56 Å². The van der Waals surface area contributed by atoms with Gasteiger partial charge in [-0.2, -0.15) is 0 Å². The second-order valence-electron chi connectivity index (χ2n) is 2.80. The predicted octanol–water partition coefficient (Wildman–Crippen LogP) is 1.37. The van der Waals surface area contributed by atoms with E-state index in [1.807, 2.05) is 0 Å². The Hall–Kier alpha value is -1.19. The van der Waals surface area contributed by atoms with E-state index in [4.69, 9.17) is 5.73 Å². The quantitative estimate of drug-likeness (QED) is 0.692. The molecule has 3 N–H and O–H groups in total. The molecule has 1 rings (SSSR count). The SMILES string of the molecule is C=C[C@@H](O)[C@@H](N)c1ccc(F)cc1. The van der Waals surface area contributed by atoms with E-state index >= 15 is 0 Å². The van der Waals surface area contributed by atoms with Gasteiger partial charge in [0.25, 0.3) is 0 Å². The number of nitrogens with two attached hydrogens (primary N) is 1. The first-order valence-corrected chi connectivity index (χ1v) is 3.97. The number of rotatable bonds is 3. The van der Waals surface area contributed by atoms with Crippen molar-refractivity contribution in [1.29, 1.82) is 0 Å². The molecule has 1 aromatic rings. The third-order valence-electron chi connectivity index (χ3n) is 1.86. The summed E-state index contributed by atoms with van der Waals surface area (Å²) in [5, 5.41) is 9.31. The van der Waals surface area contributed by atoms with Crippen LogP contribution in [0.4, 0.5) is 4.39 Å². The Morgan fingerprint density at radius 3 is 2.38 bits per heavy atom. The molecule has 3 heteroatoms. The van der Waals surface area contributed by atoms with Crippen molar-refractivity contribution in [3.8, 4) is 0 Å². The Morgan fingerprint density at radius 1 is 1.38 bits per heavy atom. The van der Waals surface area contributed by atoms with E-state index in [1.54, 1.807) is 12.1 Å². The normalized spacial score (nSPS) is 15.0. The summed E-state index contributed by atoms with van der Waals surface area (Å²) >= 11 is 0. The van der Waals surface area contributed by atoms with E-state index in [0.717, 1.165) is 0 Å². The lowest BCUT2D eigenvalue weighted by molar-refractivity contribution is 0.192. The Labute approximate surface area is 76.5 Å². The summed E-state index contributed by atoms with van der Waals surface area (Å²) in [6.45, 7) is 3.42. The molecule has 0 spiro atoms. The third kappa shape index (κ3) is 2.37. The summed E-state index contributed by atoms with van der Waals surface area (Å²) in [5.74, 6) is -0.316. The molecule has 1 aromatic carbocycles. The smallest absolute Gasteiger partial charge is 0.123 e. The van der Waals surface area contributed by atoms with Gasteiger partial charge in [-0.15, -0.1) is 6.58 Å². The summed E-state index contributed by atoms with van der Waals surface area (Å²) in [7, 11) is 0. The first-order chi connectivity index (χ1) is 6.15. The Morgan fingerprint density at radius 2 is 1.92 bits per heavy atom. The molecule has 13 heavy (non-hydrogen) atoms. The minimum Gasteiger partial charge on any atom is -0.387 e. The van der Waals surface area contributed by atoms with Gasteiger partial charge in [0.15, 0.2) is 0 Å². The molecule has 0 radical (unpaired) electrons. The van der Waals surface area contributed by atoms with Gasteiger partial charge in [-0.1, -0.05) is 18.2 Å². The fourth-order valence-corrected chi connectivity index (χ4v) is 1.03. The largest absolute Gasteiger partial charge is 0.387 e. The predicted molar refractivity (Wildman–Crippen MR) is 49.5 cm³/mol. The van der Waals surface area contributed by atoms with Gasteiger partial charge in [-0.3, -0.25) is 0 Å². The highest BCUT2D eigenvalue weighted by Gasteiger charge is 2.12. The third-order valence-corrected chi connectivity index (χ3v) is 1.86. The van der Waals surface area contributed by atoms with Crippen molar-refractivity contribution < 1.29 is 9.50 Å². The van der Waals surface area contributed by atoms with Crippen LogP contribution >= 0.6 is 0 Å². The summed E-state index contributed by atoms with van der Waals surface area (Å²) in [5.41, 5.74) is 6.34. The maximum Gasteiger partial charge on any atom is 0.123 e. The maximum atomic E-state index is 12.5. The fourth-order valence-electron chi connectivity index (χ4n) is 1.03. The van der Waals surface area contributed by atoms with E-state index < -0.39 is 12.1 Å². The van der Waals surface area contributed by atoms with Gasteiger partial charge in [-0.25, -0.2) is 4.39 Å². The van der Waals surface area contributed by atoms with Crippen LogP contribution in [0.25, 0.3) is 0 Å². The minimum absolute atomic E-state index is 0.316. The van der Waals surface area contributed by atoms with Crippen molar-refractivity contribution in [2.75, 3.05) is 0 Å². The molecule has 0 aliphatic heterocycles. The van der Waals surface area contributed by atoms with E-state index in [-0.39, 0.29) is 5.82 Å². The van der Waals surface area contributed by atoms with Gasteiger partial charge in [0, 0.05) is 0 Å². The van der Waals surface area contributed by atoms with Crippen molar-refractivity contribution in [3.63, 3.8) is 0 Å². The van der Waals surface area contributed by atoms with Crippen molar-refractivity contribution in [2.45, 2.75) is 12.1 Å². The molecule has 2 nitrogen and oxygen atoms in total. The second-order valence-corrected chi connectivity index (χ2v) is 2.80. The van der Waals surface area contributed by atoms with Crippen molar-refractivity contribution in [2.24, 2.45) is 5.73 Å². The molecule has 0 bridgehead atoms. The maximum absolute atomic E-state index is 12.5. The zero-order valence-corrected chi connectivity index (χ0v) is 7.15. The van der Waals surface area contributed by atoms with Gasteiger partial charge in [0.1, 0.15) is 5.82 Å². The van der Waals surface area contributed by atoms with Crippen LogP contribution in [0, 0.1) is 5.82 Å². The number of benzene rings is 1. The molecule has 0 aliphatic rings. The zero-order chi connectivity index (χ0) is 9.84. The van der Waals surface area contributed by atoms with E-state index in [9.17, 15) is 9.50 Å². The number of hydrogen-bond acceptors (Lipinski definition) is 2. The summed E-state index contributed by atoms with van der Waals surface area (Å²) < 4.78 is 12.5. The lowest BCUT2D eigenvalue weighted by Gasteiger charge is -2.15. The Balaban J connectivity index is 2.82. The molecule has 2 atom stereocenters. The molecule has 0 amide bonds. The molecule has 70 valence electrons. The number of hydrogen-bond donors (Lipinski definition) is 2. The Bertz CT molecular complexity index is 283. The molecular weight excluding hydrogens is 169 g/mol. The van der Waals surface area contributed by atoms with Crippen LogP contribution in [0.15, 0.2) is 36.9 Å². The van der Waals surface area contributed by atoms with Gasteiger partial charge in [0.2, 0.25) is 0 Å². The monoisotopic (exact) mass is 181 g/mol. The van der Waals surface area contributed by atoms with Crippen LogP contribution in [0.1, 0.15) is 11.6 Å². The molecule has 0 saturated carbocycles. The van der Waals surface area contributed by atoms with E-state index in [1.165, 1.54) is 18.2 Å². The second kappa shape index (κ2) is 4.16. The van der Waals surface area contributed by atoms with Crippen LogP contribution in [0.2, 0.25) is 0 Å². The minimum atomic E-state index is -0.800. The summed E-state index contributed by atoms with van der Waals surface area (Å²) in [6.07, 6.45) is 0.555. The molecule has 0 unspecified atom stereocenters. The highest BCUT2D eigenvalue weighted by atomic mass is 19.1. The van der Waals surface area contributed by atoms with Crippen molar-refractivity contribution in [1.82, 2.24) is 0 Å². The van der Waals surface area contributed by atoms with Crippen LogP contribution in [0.3, 0.4) is 0 Å². The van der Waals surface area contributed by atoms with Crippen molar-refractivity contribution >= 4 is 0 Å². The van der Waals surface area contributed by atoms with Gasteiger partial charge in [0.05, 0.1) is 12.1 Å². The molecular formula is C10H12FNO. The highest BCUT2D eigenvalue weighted by Crippen LogP contribution is 2.14. The van der Waals surface area contributed by atoms with Crippen LogP contribution in [-0.4, -0.2) is 11.2 Å². The molecule has 0 saturated heterocycles. The van der Waals surface area contributed by atoms with Crippen molar-refractivity contribution in [3.05, 3.63) is 48.3 Å². The molecule has 0 heterocycles. The average Bonchev–Trinajstić information content (AvgIpc) is 2.17. The number of aliphatic hydroxyl groups is 1. The van der Waals surface area contributed by atoms with Crippen LogP contribution in [-0.2, 0) is 0 Å². The standard InChI is InChI=1S/C10H12FNO/c1-2-9(13)10(12)7-3-5-8(11)6-4-7/h2-6,9-10,13H,1,12H2/t9-,10+/m1/s1. The van der Waals surface area contributed by atoms with Gasteiger partial charge < -0.3 is 10.8 Å². The molecule has 0 fully saturated rings. The fraction of sp³-hybridized carbons (Fsp3) is 0.200. The average molecular weight is 181 g/mol. The Kier molecular flexibility index (Phi) is 3.17. The first kappa shape index (κ1) is 9.89.